The molecule has 0 aliphatic carbocycles. The van der Waals surface area contributed by atoms with Gasteiger partial charge in [-0.2, -0.15) is 0 Å². The van der Waals surface area contributed by atoms with Crippen LogP contribution in [0, 0.1) is 10.1 Å². The average Bonchev–Trinajstić information content (AvgIpc) is 3.08. The van der Waals surface area contributed by atoms with Crippen LogP contribution in [0.1, 0.15) is 6.92 Å². The number of thiazole rings is 1. The Bertz CT molecular complexity index is 1040. The zero-order valence-corrected chi connectivity index (χ0v) is 17.0. The average molecular weight is 440 g/mol. The minimum Gasteiger partial charge on any atom is -0.395 e. The monoisotopic (exact) mass is 439 g/mol. The fourth-order valence-electron chi connectivity index (χ4n) is 2.61. The number of nitrogens with zero attached hydrogens (tertiary/aromatic N) is 5. The second-order valence-corrected chi connectivity index (χ2v) is 7.44. The van der Waals surface area contributed by atoms with Gasteiger partial charge in [-0.15, -0.1) is 10.2 Å². The molecule has 0 fully saturated rings. The topological polar surface area (TPSA) is 104 Å². The van der Waals surface area contributed by atoms with Gasteiger partial charge in [-0.05, 0) is 37.3 Å². The van der Waals surface area contributed by atoms with Crippen LogP contribution < -0.4 is 4.90 Å². The van der Waals surface area contributed by atoms with Gasteiger partial charge in [0.1, 0.15) is 15.6 Å². The van der Waals surface area contributed by atoms with Crippen LogP contribution in [-0.2, 0) is 0 Å². The van der Waals surface area contributed by atoms with Crippen molar-refractivity contribution in [2.75, 3.05) is 24.6 Å². The molecular formula is C17H15Cl2N5O3S. The van der Waals surface area contributed by atoms with Crippen molar-refractivity contribution in [1.29, 1.82) is 0 Å². The Morgan fingerprint density at radius 1 is 1.29 bits per heavy atom. The summed E-state index contributed by atoms with van der Waals surface area (Å²) in [5, 5.41) is 28.6. The lowest BCUT2D eigenvalue weighted by Crippen LogP contribution is -2.25. The van der Waals surface area contributed by atoms with E-state index < -0.39 is 4.92 Å². The van der Waals surface area contributed by atoms with Crippen molar-refractivity contribution in [2.45, 2.75) is 6.92 Å². The quantitative estimate of drug-likeness (QED) is 0.286. The van der Waals surface area contributed by atoms with E-state index in [0.29, 0.717) is 22.1 Å². The number of azo groups is 1. The van der Waals surface area contributed by atoms with E-state index in [2.05, 4.69) is 15.2 Å². The molecule has 3 rings (SSSR count). The van der Waals surface area contributed by atoms with Crippen LogP contribution >= 0.6 is 34.5 Å². The normalized spacial score (nSPS) is 11.4. The third-order valence-electron chi connectivity index (χ3n) is 3.94. The van der Waals surface area contributed by atoms with Crippen LogP contribution in [0.15, 0.2) is 40.6 Å². The lowest BCUT2D eigenvalue weighted by molar-refractivity contribution is -0.384. The molecule has 28 heavy (non-hydrogen) atoms. The maximum absolute atomic E-state index is 11.1. The Labute approximate surface area is 174 Å². The van der Waals surface area contributed by atoms with Gasteiger partial charge in [0.05, 0.1) is 21.9 Å². The number of nitro groups is 1. The molecule has 2 aromatic carbocycles. The zero-order chi connectivity index (χ0) is 20.3. The number of anilines is 1. The molecule has 3 aromatic rings. The summed E-state index contributed by atoms with van der Waals surface area (Å²) in [5.41, 5.74) is 1.50. The summed E-state index contributed by atoms with van der Waals surface area (Å²) in [7, 11) is 0. The molecular weight excluding hydrogens is 425 g/mol. The zero-order valence-electron chi connectivity index (χ0n) is 14.7. The van der Waals surface area contributed by atoms with E-state index in [1.165, 1.54) is 17.4 Å². The van der Waals surface area contributed by atoms with Crippen LogP contribution in [0.2, 0.25) is 10.0 Å². The van der Waals surface area contributed by atoms with Gasteiger partial charge in [0, 0.05) is 18.8 Å². The van der Waals surface area contributed by atoms with E-state index in [0.717, 1.165) is 12.2 Å². The second-order valence-electron chi connectivity index (χ2n) is 5.64. The first kappa shape index (κ1) is 20.4. The number of aromatic nitrogens is 1. The van der Waals surface area contributed by atoms with Gasteiger partial charge < -0.3 is 10.0 Å². The summed E-state index contributed by atoms with van der Waals surface area (Å²) in [5.74, 6) is 0. The number of aliphatic hydroxyl groups is 1. The van der Waals surface area contributed by atoms with Crippen LogP contribution in [0.25, 0.3) is 10.2 Å². The molecule has 0 radical (unpaired) electrons. The molecule has 0 aliphatic heterocycles. The molecule has 1 N–H and O–H groups in total. The molecule has 8 nitrogen and oxygen atoms in total. The second kappa shape index (κ2) is 8.78. The fourth-order valence-corrected chi connectivity index (χ4v) is 4.20. The SMILES string of the molecule is CCN(CCO)c1ccc(N=Nc2nc3c(Cl)c([N+](=O)[O-])c(Cl)cc3s2)cc1. The molecule has 0 bridgehead atoms. The molecule has 0 unspecified atom stereocenters. The number of benzene rings is 2. The van der Waals surface area contributed by atoms with Gasteiger partial charge in [-0.3, -0.25) is 10.1 Å². The maximum atomic E-state index is 11.1. The Morgan fingerprint density at radius 3 is 2.61 bits per heavy atom. The third-order valence-corrected chi connectivity index (χ3v) is 5.47. The molecule has 0 amide bonds. The van der Waals surface area contributed by atoms with E-state index in [9.17, 15) is 10.1 Å². The smallest absolute Gasteiger partial charge is 0.308 e. The molecule has 0 saturated heterocycles. The Kier molecular flexibility index (Phi) is 6.40. The molecule has 1 aromatic heterocycles. The number of hydrogen-bond donors (Lipinski definition) is 1. The number of hydrogen-bond acceptors (Lipinski definition) is 8. The van der Waals surface area contributed by atoms with Gasteiger partial charge in [-0.25, -0.2) is 4.98 Å². The van der Waals surface area contributed by atoms with E-state index in [1.54, 1.807) is 12.1 Å². The largest absolute Gasteiger partial charge is 0.395 e. The highest BCUT2D eigenvalue weighted by atomic mass is 35.5. The number of fused-ring (bicyclic) bond motifs is 1. The Balaban J connectivity index is 1.85. The Morgan fingerprint density at radius 2 is 2.00 bits per heavy atom. The molecule has 11 heteroatoms. The number of rotatable bonds is 7. The van der Waals surface area contributed by atoms with E-state index in [1.807, 2.05) is 24.0 Å². The highest BCUT2D eigenvalue weighted by Crippen LogP contribution is 2.42. The van der Waals surface area contributed by atoms with Crippen molar-refractivity contribution in [2.24, 2.45) is 10.2 Å². The first-order valence-corrected chi connectivity index (χ1v) is 9.82. The fraction of sp³-hybridized carbons (Fsp3) is 0.235. The number of likely N-dealkylation sites (N-methyl/N-ethyl adjacent to an activating group) is 1. The van der Waals surface area contributed by atoms with E-state index >= 15 is 0 Å². The predicted octanol–water partition coefficient (Wildman–Crippen LogP) is 5.75. The highest BCUT2D eigenvalue weighted by molar-refractivity contribution is 7.22. The van der Waals surface area contributed by atoms with Gasteiger partial charge in [-0.1, -0.05) is 34.5 Å². The van der Waals surface area contributed by atoms with Crippen molar-refractivity contribution in [3.05, 3.63) is 50.5 Å². The lowest BCUT2D eigenvalue weighted by Gasteiger charge is -2.21. The highest BCUT2D eigenvalue weighted by Gasteiger charge is 2.23. The number of halogens is 2. The molecule has 0 aliphatic rings. The first-order valence-electron chi connectivity index (χ1n) is 8.25. The van der Waals surface area contributed by atoms with Crippen LogP contribution in [-0.4, -0.2) is 34.7 Å². The minimum atomic E-state index is -0.636. The summed E-state index contributed by atoms with van der Waals surface area (Å²) in [6, 6.07) is 8.85. The summed E-state index contributed by atoms with van der Waals surface area (Å²) < 4.78 is 0.590. The molecule has 146 valence electrons. The predicted molar refractivity (Wildman–Crippen MR) is 112 cm³/mol. The lowest BCUT2D eigenvalue weighted by atomic mass is 10.2. The van der Waals surface area contributed by atoms with E-state index in [4.69, 9.17) is 28.3 Å². The summed E-state index contributed by atoms with van der Waals surface area (Å²) in [6.45, 7) is 3.43. The number of aliphatic hydroxyl groups excluding tert-OH is 1. The first-order chi connectivity index (χ1) is 13.4. The molecule has 0 atom stereocenters. The summed E-state index contributed by atoms with van der Waals surface area (Å²) in [6.07, 6.45) is 0. The minimum absolute atomic E-state index is 0.0476. The van der Waals surface area contributed by atoms with Gasteiger partial charge >= 0.3 is 5.69 Å². The standard InChI is InChI=1S/C17H15Cl2N5O3S/c1-2-23(7-8-25)11-5-3-10(4-6-11)21-22-17-20-15-13(28-17)9-12(18)16(14(15)19)24(26)27/h3-6,9,25H,2,7-8H2,1H3. The van der Waals surface area contributed by atoms with Crippen molar-refractivity contribution in [1.82, 2.24) is 4.98 Å². The van der Waals surface area contributed by atoms with E-state index in [-0.39, 0.29) is 27.9 Å². The van der Waals surface area contributed by atoms with Gasteiger partial charge in [0.15, 0.2) is 0 Å². The third kappa shape index (κ3) is 4.22. The molecule has 0 saturated carbocycles. The van der Waals surface area contributed by atoms with Crippen molar-refractivity contribution < 1.29 is 10.0 Å². The summed E-state index contributed by atoms with van der Waals surface area (Å²) in [4.78, 5) is 16.7. The van der Waals surface area contributed by atoms with Crippen LogP contribution in [0.4, 0.5) is 22.2 Å². The van der Waals surface area contributed by atoms with Crippen LogP contribution in [0.5, 0.6) is 0 Å². The van der Waals surface area contributed by atoms with Crippen molar-refractivity contribution >= 4 is 66.9 Å². The van der Waals surface area contributed by atoms with Crippen molar-refractivity contribution in [3.63, 3.8) is 0 Å². The molecule has 1 heterocycles. The van der Waals surface area contributed by atoms with Gasteiger partial charge in [0.2, 0.25) is 5.13 Å². The number of nitro benzene ring substituents is 1. The van der Waals surface area contributed by atoms with Crippen molar-refractivity contribution in [3.8, 4) is 0 Å². The maximum Gasteiger partial charge on any atom is 0.308 e. The van der Waals surface area contributed by atoms with Crippen LogP contribution in [0.3, 0.4) is 0 Å². The molecule has 0 spiro atoms. The summed E-state index contributed by atoms with van der Waals surface area (Å²) >= 11 is 13.2. The Hall–Kier alpha value is -2.33. The van der Waals surface area contributed by atoms with Gasteiger partial charge in [0.25, 0.3) is 0 Å².